The number of hydrogen-bond donors (Lipinski definition) is 1. The standard InChI is InChI=1S/C7H10IN3/c8-6-4-10-11(7(6)9)5-2-1-3-5/h4-5H,1-3,9H2. The molecule has 0 amide bonds. The number of nitrogens with two attached hydrogens (primary N) is 1. The Labute approximate surface area is 79.1 Å². The first kappa shape index (κ1) is 7.39. The van der Waals surface area contributed by atoms with E-state index in [1.165, 1.54) is 19.3 Å². The lowest BCUT2D eigenvalue weighted by atomic mass is 9.93. The fourth-order valence-corrected chi connectivity index (χ4v) is 1.64. The highest BCUT2D eigenvalue weighted by molar-refractivity contribution is 14.1. The van der Waals surface area contributed by atoms with Crippen LogP contribution in [0, 0.1) is 3.57 Å². The number of nitrogens with zero attached hydrogens (tertiary/aromatic N) is 2. The molecule has 0 aromatic carbocycles. The molecule has 0 atom stereocenters. The summed E-state index contributed by atoms with van der Waals surface area (Å²) in [4.78, 5) is 0. The largest absolute Gasteiger partial charge is 0.383 e. The molecule has 1 heterocycles. The molecule has 0 bridgehead atoms. The van der Waals surface area contributed by atoms with Crippen LogP contribution < -0.4 is 5.73 Å². The number of nitrogen functional groups attached to an aromatic ring is 1. The van der Waals surface area contributed by atoms with Crippen molar-refractivity contribution in [3.63, 3.8) is 0 Å². The first-order valence-electron chi connectivity index (χ1n) is 3.77. The highest BCUT2D eigenvalue weighted by atomic mass is 127. The number of halogens is 1. The number of hydrogen-bond acceptors (Lipinski definition) is 2. The zero-order valence-corrected chi connectivity index (χ0v) is 8.28. The molecule has 2 rings (SSSR count). The molecule has 0 spiro atoms. The Bertz CT molecular complexity index is 265. The van der Waals surface area contributed by atoms with Gasteiger partial charge in [-0.15, -0.1) is 0 Å². The number of aromatic nitrogens is 2. The minimum atomic E-state index is 0.582. The maximum absolute atomic E-state index is 5.81. The molecule has 0 radical (unpaired) electrons. The molecule has 1 aromatic heterocycles. The summed E-state index contributed by atoms with van der Waals surface area (Å²) in [6.07, 6.45) is 5.62. The predicted octanol–water partition coefficient (Wildman–Crippen LogP) is 1.79. The Morgan fingerprint density at radius 1 is 1.64 bits per heavy atom. The first-order chi connectivity index (χ1) is 5.29. The van der Waals surface area contributed by atoms with Crippen molar-refractivity contribution >= 4 is 28.4 Å². The Balaban J connectivity index is 2.29. The maximum atomic E-state index is 5.81. The fourth-order valence-electron chi connectivity index (χ4n) is 1.27. The minimum absolute atomic E-state index is 0.582. The van der Waals surface area contributed by atoms with E-state index in [1.807, 2.05) is 10.9 Å². The van der Waals surface area contributed by atoms with Gasteiger partial charge in [-0.1, -0.05) is 0 Å². The van der Waals surface area contributed by atoms with Crippen molar-refractivity contribution in [2.24, 2.45) is 0 Å². The second-order valence-corrected chi connectivity index (χ2v) is 4.07. The Kier molecular flexibility index (Phi) is 1.78. The van der Waals surface area contributed by atoms with Gasteiger partial charge in [0.1, 0.15) is 5.82 Å². The van der Waals surface area contributed by atoms with E-state index in [2.05, 4.69) is 27.7 Å². The van der Waals surface area contributed by atoms with Crippen molar-refractivity contribution in [1.29, 1.82) is 0 Å². The van der Waals surface area contributed by atoms with Gasteiger partial charge in [-0.25, -0.2) is 4.68 Å². The van der Waals surface area contributed by atoms with Crippen LogP contribution in [0.15, 0.2) is 6.20 Å². The summed E-state index contributed by atoms with van der Waals surface area (Å²) in [6, 6.07) is 0.582. The summed E-state index contributed by atoms with van der Waals surface area (Å²) < 4.78 is 3.01. The van der Waals surface area contributed by atoms with Gasteiger partial charge in [-0.3, -0.25) is 0 Å². The van der Waals surface area contributed by atoms with E-state index < -0.39 is 0 Å². The second kappa shape index (κ2) is 2.66. The lowest BCUT2D eigenvalue weighted by molar-refractivity contribution is 0.293. The second-order valence-electron chi connectivity index (χ2n) is 2.91. The summed E-state index contributed by atoms with van der Waals surface area (Å²) in [5.74, 6) is 0.829. The molecule has 0 saturated heterocycles. The molecule has 0 aliphatic heterocycles. The topological polar surface area (TPSA) is 43.8 Å². The predicted molar refractivity (Wildman–Crippen MR) is 52.2 cm³/mol. The smallest absolute Gasteiger partial charge is 0.135 e. The molecule has 2 N–H and O–H groups in total. The van der Waals surface area contributed by atoms with E-state index in [-0.39, 0.29) is 0 Å². The Morgan fingerprint density at radius 2 is 2.36 bits per heavy atom. The van der Waals surface area contributed by atoms with Crippen molar-refractivity contribution in [3.05, 3.63) is 9.77 Å². The van der Waals surface area contributed by atoms with E-state index in [0.717, 1.165) is 9.39 Å². The van der Waals surface area contributed by atoms with Crippen molar-refractivity contribution < 1.29 is 0 Å². The lowest BCUT2D eigenvalue weighted by Gasteiger charge is -2.26. The number of anilines is 1. The van der Waals surface area contributed by atoms with Gasteiger partial charge >= 0.3 is 0 Å². The quantitative estimate of drug-likeness (QED) is 0.785. The van der Waals surface area contributed by atoms with Crippen molar-refractivity contribution in [3.8, 4) is 0 Å². The van der Waals surface area contributed by atoms with Gasteiger partial charge < -0.3 is 5.73 Å². The average Bonchev–Trinajstić information content (AvgIpc) is 2.15. The SMILES string of the molecule is Nc1c(I)cnn1C1CCC1. The molecule has 1 aliphatic carbocycles. The summed E-state index contributed by atoms with van der Waals surface area (Å²) in [5, 5.41) is 4.22. The molecular formula is C7H10IN3. The fraction of sp³-hybridized carbons (Fsp3) is 0.571. The van der Waals surface area contributed by atoms with Crippen LogP contribution in [0.2, 0.25) is 0 Å². The summed E-state index contributed by atoms with van der Waals surface area (Å²) in [6.45, 7) is 0. The Hall–Kier alpha value is -0.260. The van der Waals surface area contributed by atoms with E-state index in [1.54, 1.807) is 0 Å². The Morgan fingerprint density at radius 3 is 2.73 bits per heavy atom. The van der Waals surface area contributed by atoms with E-state index in [9.17, 15) is 0 Å². The van der Waals surface area contributed by atoms with Gasteiger partial charge in [0.15, 0.2) is 0 Å². The van der Waals surface area contributed by atoms with Crippen LogP contribution >= 0.6 is 22.6 Å². The third kappa shape index (κ3) is 1.13. The highest BCUT2D eigenvalue weighted by Gasteiger charge is 2.22. The molecular weight excluding hydrogens is 253 g/mol. The molecule has 60 valence electrons. The summed E-state index contributed by atoms with van der Waals surface area (Å²) in [7, 11) is 0. The van der Waals surface area contributed by atoms with Crippen LogP contribution in [0.3, 0.4) is 0 Å². The van der Waals surface area contributed by atoms with Gasteiger partial charge in [-0.2, -0.15) is 5.10 Å². The average molecular weight is 263 g/mol. The van der Waals surface area contributed by atoms with Gasteiger partial charge in [0.2, 0.25) is 0 Å². The summed E-state index contributed by atoms with van der Waals surface area (Å²) in [5.41, 5.74) is 5.81. The molecule has 1 aromatic rings. The van der Waals surface area contributed by atoms with Crippen molar-refractivity contribution in [2.45, 2.75) is 25.3 Å². The molecule has 0 unspecified atom stereocenters. The normalized spacial score (nSPS) is 18.3. The van der Waals surface area contributed by atoms with Crippen LogP contribution in [-0.2, 0) is 0 Å². The molecule has 4 heteroatoms. The zero-order chi connectivity index (χ0) is 7.84. The van der Waals surface area contributed by atoms with Crippen LogP contribution in [0.5, 0.6) is 0 Å². The van der Waals surface area contributed by atoms with Crippen LogP contribution in [0.25, 0.3) is 0 Å². The van der Waals surface area contributed by atoms with Crippen molar-refractivity contribution in [2.75, 3.05) is 5.73 Å². The van der Waals surface area contributed by atoms with Gasteiger partial charge in [0, 0.05) is 0 Å². The van der Waals surface area contributed by atoms with E-state index in [0.29, 0.717) is 6.04 Å². The molecule has 1 aliphatic rings. The van der Waals surface area contributed by atoms with E-state index >= 15 is 0 Å². The third-order valence-corrected chi connectivity index (χ3v) is 3.04. The highest BCUT2D eigenvalue weighted by Crippen LogP contribution is 2.33. The molecule has 1 fully saturated rings. The maximum Gasteiger partial charge on any atom is 0.135 e. The first-order valence-corrected chi connectivity index (χ1v) is 4.85. The third-order valence-electron chi connectivity index (χ3n) is 2.21. The summed E-state index contributed by atoms with van der Waals surface area (Å²) >= 11 is 2.21. The van der Waals surface area contributed by atoms with Crippen LogP contribution in [0.4, 0.5) is 5.82 Å². The monoisotopic (exact) mass is 263 g/mol. The van der Waals surface area contributed by atoms with E-state index in [4.69, 9.17) is 5.73 Å². The van der Waals surface area contributed by atoms with Gasteiger partial charge in [0.05, 0.1) is 15.8 Å². The van der Waals surface area contributed by atoms with Crippen LogP contribution in [0.1, 0.15) is 25.3 Å². The van der Waals surface area contributed by atoms with Crippen molar-refractivity contribution in [1.82, 2.24) is 9.78 Å². The molecule has 1 saturated carbocycles. The number of rotatable bonds is 1. The minimum Gasteiger partial charge on any atom is -0.383 e. The van der Waals surface area contributed by atoms with Gasteiger partial charge in [0.25, 0.3) is 0 Å². The zero-order valence-electron chi connectivity index (χ0n) is 6.13. The lowest BCUT2D eigenvalue weighted by Crippen LogP contribution is -2.19. The molecule has 3 nitrogen and oxygen atoms in total. The van der Waals surface area contributed by atoms with Gasteiger partial charge in [-0.05, 0) is 41.9 Å². The molecule has 11 heavy (non-hydrogen) atoms. The van der Waals surface area contributed by atoms with Crippen LogP contribution in [-0.4, -0.2) is 9.78 Å².